The fraction of sp³-hybridized carbons (Fsp3) is 0.235. The fourth-order valence-electron chi connectivity index (χ4n) is 2.75. The Morgan fingerprint density at radius 2 is 2.00 bits per heavy atom. The van der Waals surface area contributed by atoms with Crippen LogP contribution in [0, 0.1) is 5.92 Å². The van der Waals surface area contributed by atoms with Crippen molar-refractivity contribution in [3.8, 4) is 5.69 Å². The molecule has 1 fully saturated rings. The molecule has 1 aromatic carbocycles. The fourth-order valence-corrected chi connectivity index (χ4v) is 3.14. The van der Waals surface area contributed by atoms with Crippen molar-refractivity contribution < 1.29 is 0 Å². The molecule has 0 bridgehead atoms. The molecule has 0 unspecified atom stereocenters. The normalized spacial score (nSPS) is 14.3. The monoisotopic (exact) mass is 371 g/mol. The van der Waals surface area contributed by atoms with E-state index in [0.29, 0.717) is 29.2 Å². The highest BCUT2D eigenvalue weighted by molar-refractivity contribution is 9.10. The van der Waals surface area contributed by atoms with E-state index in [1.165, 1.54) is 9.13 Å². The molecule has 0 radical (unpaired) electrons. The largest absolute Gasteiger partial charge is 0.337 e. The van der Waals surface area contributed by atoms with E-state index in [1.807, 2.05) is 24.3 Å². The molecular formula is C17H14BrN3O2. The summed E-state index contributed by atoms with van der Waals surface area (Å²) in [6, 6.07) is 10.9. The Labute approximate surface area is 140 Å². The van der Waals surface area contributed by atoms with E-state index >= 15 is 0 Å². The molecule has 1 saturated carbocycles. The van der Waals surface area contributed by atoms with Gasteiger partial charge >= 0.3 is 5.69 Å². The molecule has 0 saturated heterocycles. The molecular weight excluding hydrogens is 358 g/mol. The third-order valence-corrected chi connectivity index (χ3v) is 4.59. The molecule has 1 aliphatic rings. The topological polar surface area (TPSA) is 56.9 Å². The molecule has 5 nitrogen and oxygen atoms in total. The Morgan fingerprint density at radius 3 is 2.74 bits per heavy atom. The molecule has 6 heteroatoms. The van der Waals surface area contributed by atoms with Gasteiger partial charge in [-0.05, 0) is 49.1 Å². The summed E-state index contributed by atoms with van der Waals surface area (Å²) in [5, 5.41) is 0.465. The second-order valence-corrected chi connectivity index (χ2v) is 6.75. The number of aromatic nitrogens is 3. The predicted octanol–water partition coefficient (Wildman–Crippen LogP) is 2.72. The van der Waals surface area contributed by atoms with E-state index in [9.17, 15) is 9.59 Å². The number of fused-ring (bicyclic) bond motifs is 1. The van der Waals surface area contributed by atoms with E-state index in [0.717, 1.165) is 17.3 Å². The Bertz CT molecular complexity index is 1020. The minimum atomic E-state index is -0.328. The number of nitrogens with zero attached hydrogens (tertiary/aromatic N) is 3. The summed E-state index contributed by atoms with van der Waals surface area (Å²) in [5.74, 6) is 0.436. The molecule has 1 aliphatic carbocycles. The summed E-state index contributed by atoms with van der Waals surface area (Å²) in [5.41, 5.74) is 0.507. The van der Waals surface area contributed by atoms with Crippen molar-refractivity contribution in [2.45, 2.75) is 19.4 Å². The van der Waals surface area contributed by atoms with Gasteiger partial charge in [0.2, 0.25) is 0 Å². The highest BCUT2D eigenvalue weighted by Gasteiger charge is 2.25. The summed E-state index contributed by atoms with van der Waals surface area (Å²) < 4.78 is 3.73. The second-order valence-electron chi connectivity index (χ2n) is 5.83. The van der Waals surface area contributed by atoms with Crippen LogP contribution in [-0.4, -0.2) is 14.1 Å². The van der Waals surface area contributed by atoms with Crippen molar-refractivity contribution in [1.29, 1.82) is 0 Å². The van der Waals surface area contributed by atoms with Crippen LogP contribution in [0.5, 0.6) is 0 Å². The molecule has 4 rings (SSSR count). The minimum Gasteiger partial charge on any atom is -0.268 e. The Kier molecular flexibility index (Phi) is 3.41. The first-order valence-corrected chi connectivity index (χ1v) is 8.31. The van der Waals surface area contributed by atoms with Gasteiger partial charge in [-0.25, -0.2) is 14.3 Å². The quantitative estimate of drug-likeness (QED) is 0.711. The lowest BCUT2D eigenvalue weighted by molar-refractivity contribution is 0.569. The third kappa shape index (κ3) is 2.53. The minimum absolute atomic E-state index is 0.253. The third-order valence-electron chi connectivity index (χ3n) is 4.10. The van der Waals surface area contributed by atoms with Crippen LogP contribution in [0.3, 0.4) is 0 Å². The molecule has 0 atom stereocenters. The molecule has 2 heterocycles. The first-order valence-electron chi connectivity index (χ1n) is 7.51. The van der Waals surface area contributed by atoms with Gasteiger partial charge in [0.15, 0.2) is 5.65 Å². The van der Waals surface area contributed by atoms with Crippen molar-refractivity contribution >= 4 is 27.0 Å². The number of benzene rings is 1. The maximum Gasteiger partial charge on any atom is 0.337 e. The van der Waals surface area contributed by atoms with Crippen LogP contribution in [0.25, 0.3) is 16.7 Å². The Morgan fingerprint density at radius 1 is 1.17 bits per heavy atom. The lowest BCUT2D eigenvalue weighted by Gasteiger charge is -2.13. The molecule has 0 N–H and O–H groups in total. The SMILES string of the molecule is O=c1c2cccnc2n(-c2cccc(Br)c2)c(=O)n1CC1CC1. The molecule has 3 aromatic rings. The van der Waals surface area contributed by atoms with E-state index in [4.69, 9.17) is 0 Å². The Balaban J connectivity index is 2.09. The van der Waals surface area contributed by atoms with Gasteiger partial charge in [0.1, 0.15) is 0 Å². The summed E-state index contributed by atoms with van der Waals surface area (Å²) >= 11 is 3.43. The van der Waals surface area contributed by atoms with Gasteiger partial charge in [-0.3, -0.25) is 9.36 Å². The first-order chi connectivity index (χ1) is 11.1. The van der Waals surface area contributed by atoms with Crippen LogP contribution in [-0.2, 0) is 6.54 Å². The Hall–Kier alpha value is -2.21. The number of pyridine rings is 1. The van der Waals surface area contributed by atoms with Gasteiger partial charge < -0.3 is 0 Å². The number of halogens is 1. The number of hydrogen-bond acceptors (Lipinski definition) is 3. The van der Waals surface area contributed by atoms with Crippen molar-refractivity contribution in [1.82, 2.24) is 14.1 Å². The van der Waals surface area contributed by atoms with Crippen LogP contribution in [0.15, 0.2) is 56.7 Å². The van der Waals surface area contributed by atoms with Crippen molar-refractivity contribution in [2.75, 3.05) is 0 Å². The van der Waals surface area contributed by atoms with E-state index in [1.54, 1.807) is 18.3 Å². The molecule has 0 amide bonds. The highest BCUT2D eigenvalue weighted by Crippen LogP contribution is 2.29. The summed E-state index contributed by atoms with van der Waals surface area (Å²) in [6.45, 7) is 0.483. The standard InChI is InChI=1S/C17H14BrN3O2/c18-12-3-1-4-13(9-12)21-15-14(5-2-8-19-15)16(22)20(17(21)23)10-11-6-7-11/h1-5,8-9,11H,6-7,10H2. The van der Waals surface area contributed by atoms with Gasteiger partial charge in [-0.2, -0.15) is 0 Å². The van der Waals surface area contributed by atoms with Gasteiger partial charge in [-0.15, -0.1) is 0 Å². The van der Waals surface area contributed by atoms with Crippen LogP contribution in [0.1, 0.15) is 12.8 Å². The lowest BCUT2D eigenvalue weighted by Crippen LogP contribution is -2.40. The van der Waals surface area contributed by atoms with Crippen LogP contribution < -0.4 is 11.2 Å². The zero-order chi connectivity index (χ0) is 16.0. The average molecular weight is 372 g/mol. The molecule has 2 aromatic heterocycles. The highest BCUT2D eigenvalue weighted by atomic mass is 79.9. The summed E-state index contributed by atoms with van der Waals surface area (Å²) in [7, 11) is 0. The smallest absolute Gasteiger partial charge is 0.268 e. The van der Waals surface area contributed by atoms with Crippen LogP contribution in [0.4, 0.5) is 0 Å². The van der Waals surface area contributed by atoms with Gasteiger partial charge in [0.05, 0.1) is 11.1 Å². The van der Waals surface area contributed by atoms with Crippen LogP contribution in [0.2, 0.25) is 0 Å². The molecule has 116 valence electrons. The molecule has 23 heavy (non-hydrogen) atoms. The van der Waals surface area contributed by atoms with Crippen molar-refractivity contribution in [3.05, 3.63) is 67.9 Å². The number of rotatable bonds is 3. The maximum absolute atomic E-state index is 12.9. The zero-order valence-corrected chi connectivity index (χ0v) is 13.9. The van der Waals surface area contributed by atoms with Gasteiger partial charge in [0, 0.05) is 17.2 Å². The maximum atomic E-state index is 12.9. The first kappa shape index (κ1) is 14.4. The van der Waals surface area contributed by atoms with E-state index < -0.39 is 0 Å². The second kappa shape index (κ2) is 5.45. The summed E-state index contributed by atoms with van der Waals surface area (Å²) in [6.07, 6.45) is 3.75. The molecule has 0 spiro atoms. The van der Waals surface area contributed by atoms with E-state index in [2.05, 4.69) is 20.9 Å². The van der Waals surface area contributed by atoms with Gasteiger partial charge in [-0.1, -0.05) is 22.0 Å². The van der Waals surface area contributed by atoms with Crippen molar-refractivity contribution in [2.24, 2.45) is 5.92 Å². The van der Waals surface area contributed by atoms with Gasteiger partial charge in [0.25, 0.3) is 5.56 Å². The van der Waals surface area contributed by atoms with Crippen LogP contribution >= 0.6 is 15.9 Å². The lowest BCUT2D eigenvalue weighted by atomic mass is 10.2. The van der Waals surface area contributed by atoms with Crippen molar-refractivity contribution in [3.63, 3.8) is 0 Å². The molecule has 0 aliphatic heterocycles. The predicted molar refractivity (Wildman–Crippen MR) is 92.0 cm³/mol. The number of hydrogen-bond donors (Lipinski definition) is 0. The zero-order valence-electron chi connectivity index (χ0n) is 12.3. The summed E-state index contributed by atoms with van der Waals surface area (Å²) in [4.78, 5) is 29.9. The average Bonchev–Trinajstić information content (AvgIpc) is 3.36. The van der Waals surface area contributed by atoms with E-state index in [-0.39, 0.29) is 11.2 Å².